The van der Waals surface area contributed by atoms with Crippen molar-refractivity contribution in [1.29, 1.82) is 0 Å². The van der Waals surface area contributed by atoms with Gasteiger partial charge in [-0.05, 0) is 39.2 Å². The van der Waals surface area contributed by atoms with Gasteiger partial charge in [-0.2, -0.15) is 0 Å². The first-order valence-electron chi connectivity index (χ1n) is 7.34. The molecule has 0 radical (unpaired) electrons. The Morgan fingerprint density at radius 2 is 1.95 bits per heavy atom. The third kappa shape index (κ3) is 4.22. The number of benzene rings is 1. The Hall–Kier alpha value is -1.04. The quantitative estimate of drug-likeness (QED) is 0.869. The van der Waals surface area contributed by atoms with Gasteiger partial charge in [0.05, 0.1) is 23.9 Å². The summed E-state index contributed by atoms with van der Waals surface area (Å²) in [6, 6.07) is 7.73. The molecule has 1 aliphatic heterocycles. The van der Waals surface area contributed by atoms with Crippen LogP contribution >= 0.6 is 11.8 Å². The maximum Gasteiger partial charge on any atom is 0.241 e. The standard InChI is InChI=1S/C16H24N2O2S/c1-11-9-18(10-12(2)20-11)13(3)16(19)17-14-7-5-6-8-15(14)21-4/h5-8,11-13H,9-10H2,1-4H3,(H,17,19). The van der Waals surface area contributed by atoms with Gasteiger partial charge in [0.25, 0.3) is 0 Å². The predicted octanol–water partition coefficient (Wildman–Crippen LogP) is 2.84. The minimum Gasteiger partial charge on any atom is -0.373 e. The third-order valence-electron chi connectivity index (χ3n) is 3.74. The number of hydrogen-bond acceptors (Lipinski definition) is 4. The van der Waals surface area contributed by atoms with Gasteiger partial charge in [0.15, 0.2) is 0 Å². The van der Waals surface area contributed by atoms with Crippen molar-refractivity contribution in [2.24, 2.45) is 0 Å². The van der Waals surface area contributed by atoms with Crippen molar-refractivity contribution >= 4 is 23.4 Å². The maximum atomic E-state index is 12.5. The largest absolute Gasteiger partial charge is 0.373 e. The average Bonchev–Trinajstić information content (AvgIpc) is 2.46. The molecule has 0 aromatic heterocycles. The lowest BCUT2D eigenvalue weighted by Gasteiger charge is -2.38. The summed E-state index contributed by atoms with van der Waals surface area (Å²) in [6.07, 6.45) is 2.35. The van der Waals surface area contributed by atoms with Crippen molar-refractivity contribution in [2.45, 2.75) is 43.9 Å². The van der Waals surface area contributed by atoms with Crippen LogP contribution in [0.4, 0.5) is 5.69 Å². The van der Waals surface area contributed by atoms with Gasteiger partial charge in [-0.25, -0.2) is 0 Å². The molecule has 1 N–H and O–H groups in total. The van der Waals surface area contributed by atoms with E-state index >= 15 is 0 Å². The highest BCUT2D eigenvalue weighted by atomic mass is 32.2. The number of nitrogens with zero attached hydrogens (tertiary/aromatic N) is 1. The molecule has 1 aromatic rings. The topological polar surface area (TPSA) is 41.6 Å². The Labute approximate surface area is 131 Å². The van der Waals surface area contributed by atoms with Gasteiger partial charge in [-0.15, -0.1) is 11.8 Å². The first-order valence-corrected chi connectivity index (χ1v) is 8.57. The van der Waals surface area contributed by atoms with E-state index in [1.807, 2.05) is 37.4 Å². The molecule has 21 heavy (non-hydrogen) atoms. The lowest BCUT2D eigenvalue weighted by molar-refractivity contribution is -0.126. The number of anilines is 1. The maximum absolute atomic E-state index is 12.5. The molecule has 0 spiro atoms. The fourth-order valence-corrected chi connectivity index (χ4v) is 3.24. The van der Waals surface area contributed by atoms with Crippen LogP contribution in [-0.4, -0.2) is 48.4 Å². The van der Waals surface area contributed by atoms with Crippen LogP contribution in [0, 0.1) is 0 Å². The molecular formula is C16H24N2O2S. The minimum atomic E-state index is -0.159. The number of morpholine rings is 1. The van der Waals surface area contributed by atoms with E-state index in [0.717, 1.165) is 23.7 Å². The molecule has 3 atom stereocenters. The molecule has 0 aliphatic carbocycles. The molecular weight excluding hydrogens is 284 g/mol. The average molecular weight is 308 g/mol. The molecule has 3 unspecified atom stereocenters. The van der Waals surface area contributed by atoms with Gasteiger partial charge < -0.3 is 10.1 Å². The second-order valence-electron chi connectivity index (χ2n) is 5.58. The van der Waals surface area contributed by atoms with Crippen molar-refractivity contribution in [3.63, 3.8) is 0 Å². The van der Waals surface area contributed by atoms with Gasteiger partial charge in [0, 0.05) is 18.0 Å². The number of carbonyl (C=O) groups excluding carboxylic acids is 1. The fourth-order valence-electron chi connectivity index (χ4n) is 2.68. The zero-order chi connectivity index (χ0) is 15.4. The lowest BCUT2D eigenvalue weighted by Crippen LogP contribution is -2.52. The van der Waals surface area contributed by atoms with Crippen LogP contribution in [0.2, 0.25) is 0 Å². The summed E-state index contributed by atoms with van der Waals surface area (Å²) >= 11 is 1.64. The van der Waals surface area contributed by atoms with Crippen LogP contribution in [0.15, 0.2) is 29.2 Å². The third-order valence-corrected chi connectivity index (χ3v) is 4.54. The van der Waals surface area contributed by atoms with E-state index in [0.29, 0.717) is 0 Å². The van der Waals surface area contributed by atoms with Crippen LogP contribution in [0.1, 0.15) is 20.8 Å². The zero-order valence-electron chi connectivity index (χ0n) is 13.1. The Morgan fingerprint density at radius 3 is 2.57 bits per heavy atom. The second-order valence-corrected chi connectivity index (χ2v) is 6.42. The SMILES string of the molecule is CSc1ccccc1NC(=O)C(C)N1CC(C)OC(C)C1. The van der Waals surface area contributed by atoms with Gasteiger partial charge >= 0.3 is 0 Å². The highest BCUT2D eigenvalue weighted by Crippen LogP contribution is 2.25. The molecule has 5 heteroatoms. The molecule has 1 fully saturated rings. The number of rotatable bonds is 4. The van der Waals surface area contributed by atoms with Gasteiger partial charge in [-0.3, -0.25) is 9.69 Å². The number of para-hydroxylation sites is 1. The van der Waals surface area contributed by atoms with Gasteiger partial charge in [0.2, 0.25) is 5.91 Å². The first kappa shape index (κ1) is 16.3. The predicted molar refractivity (Wildman–Crippen MR) is 87.9 cm³/mol. The summed E-state index contributed by atoms with van der Waals surface area (Å²) in [5, 5.41) is 3.05. The van der Waals surface area contributed by atoms with Crippen LogP contribution in [-0.2, 0) is 9.53 Å². The van der Waals surface area contributed by atoms with Gasteiger partial charge in [0.1, 0.15) is 0 Å². The Balaban J connectivity index is 2.02. The highest BCUT2D eigenvalue weighted by Gasteiger charge is 2.29. The van der Waals surface area contributed by atoms with E-state index in [2.05, 4.69) is 24.1 Å². The number of hydrogen-bond donors (Lipinski definition) is 1. The molecule has 0 bridgehead atoms. The summed E-state index contributed by atoms with van der Waals surface area (Å²) in [5.74, 6) is 0.0396. The molecule has 1 aliphatic rings. The molecule has 116 valence electrons. The summed E-state index contributed by atoms with van der Waals surface area (Å²) in [7, 11) is 0. The second kappa shape index (κ2) is 7.29. The zero-order valence-corrected chi connectivity index (χ0v) is 13.9. The van der Waals surface area contributed by atoms with E-state index in [1.54, 1.807) is 11.8 Å². The van der Waals surface area contributed by atoms with E-state index < -0.39 is 0 Å². The van der Waals surface area contributed by atoms with Crippen LogP contribution in [0.25, 0.3) is 0 Å². The number of carbonyl (C=O) groups is 1. The summed E-state index contributed by atoms with van der Waals surface area (Å²) in [6.45, 7) is 7.65. The molecule has 1 aromatic carbocycles. The summed E-state index contributed by atoms with van der Waals surface area (Å²) in [4.78, 5) is 15.8. The van der Waals surface area contributed by atoms with Gasteiger partial charge in [-0.1, -0.05) is 12.1 Å². The summed E-state index contributed by atoms with van der Waals surface area (Å²) in [5.41, 5.74) is 0.885. The van der Waals surface area contributed by atoms with Crippen LogP contribution < -0.4 is 5.32 Å². The molecule has 1 heterocycles. The monoisotopic (exact) mass is 308 g/mol. The highest BCUT2D eigenvalue weighted by molar-refractivity contribution is 7.98. The molecule has 1 saturated heterocycles. The Morgan fingerprint density at radius 1 is 1.33 bits per heavy atom. The number of nitrogens with one attached hydrogen (secondary N) is 1. The van der Waals surface area contributed by atoms with E-state index in [4.69, 9.17) is 4.74 Å². The van der Waals surface area contributed by atoms with Crippen molar-refractivity contribution < 1.29 is 9.53 Å². The molecule has 2 rings (SSSR count). The Bertz CT molecular complexity index is 485. The first-order chi connectivity index (χ1) is 10.0. The molecule has 0 saturated carbocycles. The fraction of sp³-hybridized carbons (Fsp3) is 0.562. The Kier molecular flexibility index (Phi) is 5.67. The van der Waals surface area contributed by atoms with Crippen LogP contribution in [0.5, 0.6) is 0 Å². The number of thioether (sulfide) groups is 1. The van der Waals surface area contributed by atoms with Crippen molar-refractivity contribution in [3.8, 4) is 0 Å². The molecule has 4 nitrogen and oxygen atoms in total. The van der Waals surface area contributed by atoms with Crippen molar-refractivity contribution in [3.05, 3.63) is 24.3 Å². The normalized spacial score (nSPS) is 24.6. The number of amides is 1. The molecule has 1 amide bonds. The van der Waals surface area contributed by atoms with E-state index in [9.17, 15) is 4.79 Å². The van der Waals surface area contributed by atoms with Crippen molar-refractivity contribution in [2.75, 3.05) is 24.7 Å². The van der Waals surface area contributed by atoms with E-state index in [1.165, 1.54) is 0 Å². The van der Waals surface area contributed by atoms with E-state index in [-0.39, 0.29) is 24.2 Å². The number of ether oxygens (including phenoxy) is 1. The smallest absolute Gasteiger partial charge is 0.241 e. The minimum absolute atomic E-state index is 0.0396. The van der Waals surface area contributed by atoms with Crippen molar-refractivity contribution in [1.82, 2.24) is 4.90 Å². The summed E-state index contributed by atoms with van der Waals surface area (Å²) < 4.78 is 5.72. The van der Waals surface area contributed by atoms with Crippen LogP contribution in [0.3, 0.4) is 0 Å². The lowest BCUT2D eigenvalue weighted by atomic mass is 10.1.